The van der Waals surface area contributed by atoms with E-state index in [0.717, 1.165) is 0 Å². The molecule has 118 valence electrons. The lowest BCUT2D eigenvalue weighted by molar-refractivity contribution is 0.0996. The third kappa shape index (κ3) is 3.36. The fourth-order valence-corrected chi connectivity index (χ4v) is 2.66. The van der Waals surface area contributed by atoms with Crippen molar-refractivity contribution in [1.29, 1.82) is 0 Å². The molecule has 3 rings (SSSR count). The quantitative estimate of drug-likeness (QED) is 0.694. The Labute approximate surface area is 144 Å². The SMILES string of the molecule is O=C(c1ccccc1)c1cccc(Cl)c1C(=O)Nc1ccccc1. The van der Waals surface area contributed by atoms with Crippen molar-refractivity contribution in [2.75, 3.05) is 5.32 Å². The molecule has 0 spiro atoms. The van der Waals surface area contributed by atoms with Gasteiger partial charge >= 0.3 is 0 Å². The number of amides is 1. The standard InChI is InChI=1S/C20H14ClNO2/c21-17-13-7-12-16(19(23)14-8-3-1-4-9-14)18(17)20(24)22-15-10-5-2-6-11-15/h1-13H,(H,22,24). The van der Waals surface area contributed by atoms with E-state index in [1.54, 1.807) is 54.6 Å². The second-order valence-electron chi connectivity index (χ2n) is 5.18. The van der Waals surface area contributed by atoms with Crippen molar-refractivity contribution in [2.45, 2.75) is 0 Å². The minimum atomic E-state index is -0.411. The third-order valence-corrected chi connectivity index (χ3v) is 3.87. The molecule has 24 heavy (non-hydrogen) atoms. The molecule has 0 heterocycles. The molecule has 0 bridgehead atoms. The van der Waals surface area contributed by atoms with Crippen molar-refractivity contribution in [3.8, 4) is 0 Å². The molecule has 4 heteroatoms. The van der Waals surface area contributed by atoms with Crippen molar-refractivity contribution in [2.24, 2.45) is 0 Å². The molecular weight excluding hydrogens is 322 g/mol. The van der Waals surface area contributed by atoms with Crippen LogP contribution < -0.4 is 5.32 Å². The van der Waals surface area contributed by atoms with Crippen molar-refractivity contribution < 1.29 is 9.59 Å². The molecule has 3 aromatic rings. The zero-order valence-corrected chi connectivity index (χ0v) is 13.5. The Morgan fingerprint density at radius 2 is 1.38 bits per heavy atom. The fraction of sp³-hybridized carbons (Fsp3) is 0. The van der Waals surface area contributed by atoms with E-state index in [9.17, 15) is 9.59 Å². The number of rotatable bonds is 4. The van der Waals surface area contributed by atoms with E-state index in [2.05, 4.69) is 5.32 Å². The maximum Gasteiger partial charge on any atom is 0.257 e. The van der Waals surface area contributed by atoms with Crippen LogP contribution in [0, 0.1) is 0 Å². The first-order chi connectivity index (χ1) is 11.7. The van der Waals surface area contributed by atoms with Crippen LogP contribution in [0.15, 0.2) is 78.9 Å². The highest BCUT2D eigenvalue weighted by atomic mass is 35.5. The average molecular weight is 336 g/mol. The number of benzene rings is 3. The monoisotopic (exact) mass is 335 g/mol. The minimum Gasteiger partial charge on any atom is -0.322 e. The number of halogens is 1. The van der Waals surface area contributed by atoms with E-state index < -0.39 is 5.91 Å². The van der Waals surface area contributed by atoms with Crippen LogP contribution in [-0.4, -0.2) is 11.7 Å². The maximum absolute atomic E-state index is 12.7. The predicted octanol–water partition coefficient (Wildman–Crippen LogP) is 4.82. The first-order valence-electron chi connectivity index (χ1n) is 7.41. The van der Waals surface area contributed by atoms with Crippen LogP contribution in [0.4, 0.5) is 5.69 Å². The van der Waals surface area contributed by atoms with Crippen LogP contribution in [0.2, 0.25) is 5.02 Å². The Bertz CT molecular complexity index is 877. The minimum absolute atomic E-state index is 0.178. The third-order valence-electron chi connectivity index (χ3n) is 3.55. The molecule has 0 saturated carbocycles. The number of para-hydroxylation sites is 1. The first-order valence-corrected chi connectivity index (χ1v) is 7.79. The lowest BCUT2D eigenvalue weighted by Crippen LogP contribution is -2.17. The van der Waals surface area contributed by atoms with Gasteiger partial charge in [0.05, 0.1) is 10.6 Å². The smallest absolute Gasteiger partial charge is 0.257 e. The molecule has 0 radical (unpaired) electrons. The van der Waals surface area contributed by atoms with E-state index in [0.29, 0.717) is 11.3 Å². The van der Waals surface area contributed by atoms with Crippen molar-refractivity contribution >= 4 is 29.0 Å². The normalized spacial score (nSPS) is 10.2. The highest BCUT2D eigenvalue weighted by Gasteiger charge is 2.21. The summed E-state index contributed by atoms with van der Waals surface area (Å²) >= 11 is 6.21. The second kappa shape index (κ2) is 7.11. The van der Waals surface area contributed by atoms with Gasteiger partial charge in [-0.1, -0.05) is 72.3 Å². The summed E-state index contributed by atoms with van der Waals surface area (Å²) in [7, 11) is 0. The number of nitrogens with one attached hydrogen (secondary N) is 1. The zero-order chi connectivity index (χ0) is 16.9. The summed E-state index contributed by atoms with van der Waals surface area (Å²) < 4.78 is 0. The van der Waals surface area contributed by atoms with Gasteiger partial charge < -0.3 is 5.32 Å². The van der Waals surface area contributed by atoms with Crippen LogP contribution in [-0.2, 0) is 0 Å². The van der Waals surface area contributed by atoms with Crippen LogP contribution >= 0.6 is 11.6 Å². The summed E-state index contributed by atoms with van der Waals surface area (Å²) in [6.45, 7) is 0. The number of ketones is 1. The molecule has 1 N–H and O–H groups in total. The Morgan fingerprint density at radius 1 is 0.750 bits per heavy atom. The van der Waals surface area contributed by atoms with E-state index in [1.165, 1.54) is 0 Å². The maximum atomic E-state index is 12.7. The van der Waals surface area contributed by atoms with Gasteiger partial charge in [0.1, 0.15) is 0 Å². The molecule has 0 saturated heterocycles. The molecule has 3 nitrogen and oxygen atoms in total. The van der Waals surface area contributed by atoms with Crippen LogP contribution in [0.3, 0.4) is 0 Å². The first kappa shape index (κ1) is 16.0. The van der Waals surface area contributed by atoms with Crippen LogP contribution in [0.25, 0.3) is 0 Å². The van der Waals surface area contributed by atoms with Crippen LogP contribution in [0.5, 0.6) is 0 Å². The molecule has 0 aliphatic heterocycles. The Morgan fingerprint density at radius 3 is 2.04 bits per heavy atom. The topological polar surface area (TPSA) is 46.2 Å². The summed E-state index contributed by atoms with van der Waals surface area (Å²) in [4.78, 5) is 25.4. The van der Waals surface area contributed by atoms with Gasteiger partial charge in [-0.25, -0.2) is 0 Å². The fourth-order valence-electron chi connectivity index (χ4n) is 2.40. The number of hydrogen-bond acceptors (Lipinski definition) is 2. The number of hydrogen-bond donors (Lipinski definition) is 1. The van der Waals surface area contributed by atoms with Gasteiger partial charge in [0.25, 0.3) is 5.91 Å². The summed E-state index contributed by atoms with van der Waals surface area (Å²) in [6.07, 6.45) is 0. The molecule has 0 aliphatic rings. The van der Waals surface area contributed by atoms with Crippen LogP contribution in [0.1, 0.15) is 26.3 Å². The van der Waals surface area contributed by atoms with Gasteiger partial charge in [-0.2, -0.15) is 0 Å². The number of carbonyl (C=O) groups is 2. The Hall–Kier alpha value is -2.91. The molecule has 0 aliphatic carbocycles. The van der Waals surface area contributed by atoms with Crippen molar-refractivity contribution in [3.63, 3.8) is 0 Å². The lowest BCUT2D eigenvalue weighted by atomic mass is 9.97. The predicted molar refractivity (Wildman–Crippen MR) is 95.7 cm³/mol. The molecule has 0 aromatic heterocycles. The summed E-state index contributed by atoms with van der Waals surface area (Å²) in [5.74, 6) is -0.651. The molecule has 0 atom stereocenters. The number of carbonyl (C=O) groups excluding carboxylic acids is 2. The average Bonchev–Trinajstić information content (AvgIpc) is 2.62. The van der Waals surface area contributed by atoms with E-state index in [-0.39, 0.29) is 21.9 Å². The molecule has 0 unspecified atom stereocenters. The Balaban J connectivity index is 1.99. The summed E-state index contributed by atoms with van der Waals surface area (Å²) in [5, 5.41) is 3.01. The van der Waals surface area contributed by atoms with Gasteiger partial charge in [0, 0.05) is 16.8 Å². The summed E-state index contributed by atoms with van der Waals surface area (Å²) in [5.41, 5.74) is 1.60. The molecule has 0 fully saturated rings. The van der Waals surface area contributed by atoms with E-state index in [4.69, 9.17) is 11.6 Å². The van der Waals surface area contributed by atoms with Crippen molar-refractivity contribution in [3.05, 3.63) is 101 Å². The zero-order valence-electron chi connectivity index (χ0n) is 12.7. The molecule has 3 aromatic carbocycles. The van der Waals surface area contributed by atoms with Gasteiger partial charge in [0.2, 0.25) is 0 Å². The van der Waals surface area contributed by atoms with Gasteiger partial charge in [-0.3, -0.25) is 9.59 Å². The molecule has 1 amide bonds. The largest absolute Gasteiger partial charge is 0.322 e. The van der Waals surface area contributed by atoms with Gasteiger partial charge in [-0.05, 0) is 18.2 Å². The van der Waals surface area contributed by atoms with Gasteiger partial charge in [-0.15, -0.1) is 0 Å². The lowest BCUT2D eigenvalue weighted by Gasteiger charge is -2.11. The summed E-state index contributed by atoms with van der Waals surface area (Å²) in [6, 6.07) is 22.7. The van der Waals surface area contributed by atoms with E-state index in [1.807, 2.05) is 24.3 Å². The number of anilines is 1. The second-order valence-corrected chi connectivity index (χ2v) is 5.58. The molecular formula is C20H14ClNO2. The van der Waals surface area contributed by atoms with Crippen molar-refractivity contribution in [1.82, 2.24) is 0 Å². The highest BCUT2D eigenvalue weighted by molar-refractivity contribution is 6.36. The Kier molecular flexibility index (Phi) is 4.73. The highest BCUT2D eigenvalue weighted by Crippen LogP contribution is 2.24. The van der Waals surface area contributed by atoms with E-state index >= 15 is 0 Å². The van der Waals surface area contributed by atoms with Gasteiger partial charge in [0.15, 0.2) is 5.78 Å².